The number of ether oxygens (including phenoxy) is 2. The Morgan fingerprint density at radius 3 is 2.86 bits per heavy atom. The molecule has 12 heteroatoms. The van der Waals surface area contributed by atoms with Crippen molar-refractivity contribution in [3.05, 3.63) is 53.6 Å². The molecular formula is C24H25N5O7. The van der Waals surface area contributed by atoms with E-state index in [2.05, 4.69) is 20.9 Å². The van der Waals surface area contributed by atoms with E-state index < -0.39 is 23.4 Å². The Labute approximate surface area is 205 Å². The van der Waals surface area contributed by atoms with Gasteiger partial charge in [0.1, 0.15) is 17.0 Å². The van der Waals surface area contributed by atoms with Gasteiger partial charge in [0.2, 0.25) is 5.91 Å². The number of carbonyl (C=O) groups excluding carboxylic acids is 4. The molecule has 2 saturated heterocycles. The summed E-state index contributed by atoms with van der Waals surface area (Å²) in [5.41, 5.74) is -0.738. The van der Waals surface area contributed by atoms with E-state index in [1.807, 2.05) is 12.2 Å². The van der Waals surface area contributed by atoms with Crippen molar-refractivity contribution in [2.75, 3.05) is 40.5 Å². The van der Waals surface area contributed by atoms with Gasteiger partial charge < -0.3 is 29.4 Å². The Morgan fingerprint density at radius 1 is 1.31 bits per heavy atom. The smallest absolute Gasteiger partial charge is 0.322 e. The van der Waals surface area contributed by atoms with Gasteiger partial charge in [0, 0.05) is 38.4 Å². The van der Waals surface area contributed by atoms with Crippen molar-refractivity contribution < 1.29 is 33.1 Å². The fourth-order valence-corrected chi connectivity index (χ4v) is 4.72. The number of amides is 5. The molecule has 12 nitrogen and oxygen atoms in total. The molecule has 0 aromatic carbocycles. The summed E-state index contributed by atoms with van der Waals surface area (Å²) in [6.07, 6.45) is 6.87. The van der Waals surface area contributed by atoms with Gasteiger partial charge in [0.15, 0.2) is 11.1 Å². The third-order valence-corrected chi connectivity index (χ3v) is 6.59. The fourth-order valence-electron chi connectivity index (χ4n) is 4.72. The first-order valence-corrected chi connectivity index (χ1v) is 11.4. The fraction of sp³-hybridized carbons (Fsp3) is 0.375. The zero-order valence-corrected chi connectivity index (χ0v) is 19.7. The molecule has 0 spiro atoms. The van der Waals surface area contributed by atoms with Gasteiger partial charge in [-0.2, -0.15) is 0 Å². The Balaban J connectivity index is 1.45. The number of nitrogens with one attached hydrogen (secondary N) is 3. The van der Waals surface area contributed by atoms with Gasteiger partial charge in [0.25, 0.3) is 11.8 Å². The van der Waals surface area contributed by atoms with Crippen molar-refractivity contribution >= 4 is 34.9 Å². The number of fused-ring (bicyclic) bond motifs is 2. The second-order valence-electron chi connectivity index (χ2n) is 8.82. The number of urea groups is 1. The standard InChI is InChI=1S/C24H25N5O7/c1-34-6-5-25-20(30)14-7-18-17(26-10-14)9-19(36-18)24(22(32)27-23(33)28-24)12-29-11-13-3-4-15(35-2)8-16(13)21(29)31/h3-4,7-10,13,16H,5-6,11-12H2,1-2H3,(H,25,30)(H2,27,28,32,33). The SMILES string of the molecule is COCCNC(=O)c1cnc2cc(C3(CN4CC5C=CC(OC)=CC5C4=O)NC(=O)NC3=O)oc2c1. The van der Waals surface area contributed by atoms with Crippen molar-refractivity contribution in [1.29, 1.82) is 0 Å². The monoisotopic (exact) mass is 495 g/mol. The molecule has 2 fully saturated rings. The van der Waals surface area contributed by atoms with Crippen LogP contribution in [-0.2, 0) is 24.6 Å². The Kier molecular flexibility index (Phi) is 5.96. The van der Waals surface area contributed by atoms with Gasteiger partial charge >= 0.3 is 6.03 Å². The molecule has 3 aliphatic rings. The Morgan fingerprint density at radius 2 is 2.14 bits per heavy atom. The quantitative estimate of drug-likeness (QED) is 0.352. The summed E-state index contributed by atoms with van der Waals surface area (Å²) in [5.74, 6) is -0.978. The van der Waals surface area contributed by atoms with E-state index in [9.17, 15) is 19.2 Å². The molecule has 36 heavy (non-hydrogen) atoms. The maximum atomic E-state index is 13.2. The van der Waals surface area contributed by atoms with E-state index >= 15 is 0 Å². The number of imide groups is 1. The zero-order valence-electron chi connectivity index (χ0n) is 19.7. The number of hydrogen-bond donors (Lipinski definition) is 3. The maximum absolute atomic E-state index is 13.2. The molecule has 5 rings (SSSR count). The van der Waals surface area contributed by atoms with Crippen LogP contribution in [0.4, 0.5) is 4.79 Å². The number of methoxy groups -OCH3 is 2. The van der Waals surface area contributed by atoms with E-state index in [1.165, 1.54) is 37.4 Å². The van der Waals surface area contributed by atoms with Crippen molar-refractivity contribution in [2.45, 2.75) is 5.54 Å². The highest BCUT2D eigenvalue weighted by molar-refractivity contribution is 6.08. The topological polar surface area (TPSA) is 152 Å². The number of likely N-dealkylation sites (tertiary alicyclic amines) is 1. The second kappa shape index (κ2) is 9.11. The molecule has 2 aliphatic heterocycles. The van der Waals surface area contributed by atoms with Gasteiger partial charge in [-0.05, 0) is 18.2 Å². The van der Waals surface area contributed by atoms with Crippen LogP contribution >= 0.6 is 0 Å². The maximum Gasteiger partial charge on any atom is 0.322 e. The van der Waals surface area contributed by atoms with Gasteiger partial charge in [-0.25, -0.2) is 4.79 Å². The van der Waals surface area contributed by atoms with E-state index in [0.29, 0.717) is 31.0 Å². The third-order valence-electron chi connectivity index (χ3n) is 6.59. The molecule has 0 bridgehead atoms. The van der Waals surface area contributed by atoms with Gasteiger partial charge in [-0.3, -0.25) is 24.7 Å². The molecule has 4 heterocycles. The lowest BCUT2D eigenvalue weighted by Gasteiger charge is -2.29. The molecule has 2 aromatic heterocycles. The lowest BCUT2D eigenvalue weighted by molar-refractivity contribution is -0.133. The first kappa shape index (κ1) is 23.5. The van der Waals surface area contributed by atoms with Crippen LogP contribution < -0.4 is 16.0 Å². The van der Waals surface area contributed by atoms with Crippen LogP contribution in [0.2, 0.25) is 0 Å². The minimum Gasteiger partial charge on any atom is -0.497 e. The number of allylic oxidation sites excluding steroid dienone is 1. The normalized spacial score (nSPS) is 25.0. The van der Waals surface area contributed by atoms with Crippen LogP contribution in [0, 0.1) is 11.8 Å². The Hall–Kier alpha value is -4.19. The molecule has 5 amide bonds. The molecular weight excluding hydrogens is 470 g/mol. The number of pyridine rings is 1. The van der Waals surface area contributed by atoms with E-state index in [1.54, 1.807) is 6.08 Å². The average molecular weight is 495 g/mol. The first-order valence-electron chi connectivity index (χ1n) is 11.4. The minimum absolute atomic E-state index is 0.0786. The van der Waals surface area contributed by atoms with Crippen molar-refractivity contribution in [2.24, 2.45) is 11.8 Å². The van der Waals surface area contributed by atoms with Crippen LogP contribution in [0.25, 0.3) is 11.1 Å². The summed E-state index contributed by atoms with van der Waals surface area (Å²) in [7, 11) is 3.07. The molecule has 3 N–H and O–H groups in total. The molecule has 0 saturated carbocycles. The molecule has 188 valence electrons. The summed E-state index contributed by atoms with van der Waals surface area (Å²) in [5, 5.41) is 7.60. The van der Waals surface area contributed by atoms with Crippen LogP contribution in [-0.4, -0.2) is 74.1 Å². The molecule has 3 unspecified atom stereocenters. The number of aromatic nitrogens is 1. The number of furan rings is 1. The summed E-state index contributed by atoms with van der Waals surface area (Å²) in [6, 6.07) is 2.34. The molecule has 2 aromatic rings. The van der Waals surface area contributed by atoms with Crippen LogP contribution in [0.15, 0.2) is 46.7 Å². The lowest BCUT2D eigenvalue weighted by Crippen LogP contribution is -2.53. The zero-order chi connectivity index (χ0) is 25.4. The highest BCUT2D eigenvalue weighted by Gasteiger charge is 2.54. The largest absolute Gasteiger partial charge is 0.497 e. The third kappa shape index (κ3) is 3.98. The summed E-state index contributed by atoms with van der Waals surface area (Å²) in [4.78, 5) is 56.7. The summed E-state index contributed by atoms with van der Waals surface area (Å²) < 4.78 is 16.1. The molecule has 1 aliphatic carbocycles. The minimum atomic E-state index is -1.65. The summed E-state index contributed by atoms with van der Waals surface area (Å²) >= 11 is 0. The van der Waals surface area contributed by atoms with Crippen LogP contribution in [0.3, 0.4) is 0 Å². The average Bonchev–Trinajstić information content (AvgIpc) is 3.52. The Bertz CT molecular complexity index is 1320. The van der Waals surface area contributed by atoms with Gasteiger partial charge in [-0.1, -0.05) is 6.08 Å². The van der Waals surface area contributed by atoms with E-state index in [4.69, 9.17) is 13.9 Å². The second-order valence-corrected chi connectivity index (χ2v) is 8.82. The predicted octanol–water partition coefficient (Wildman–Crippen LogP) is 0.413. The summed E-state index contributed by atoms with van der Waals surface area (Å²) in [6.45, 7) is 0.917. The number of hydrogen-bond acceptors (Lipinski definition) is 8. The van der Waals surface area contributed by atoms with Crippen molar-refractivity contribution in [3.8, 4) is 0 Å². The van der Waals surface area contributed by atoms with E-state index in [0.717, 1.165) is 0 Å². The van der Waals surface area contributed by atoms with Crippen molar-refractivity contribution in [3.63, 3.8) is 0 Å². The molecule has 3 atom stereocenters. The van der Waals surface area contributed by atoms with Crippen molar-refractivity contribution in [1.82, 2.24) is 25.8 Å². The number of nitrogens with zero attached hydrogens (tertiary/aromatic N) is 2. The lowest BCUT2D eigenvalue weighted by atomic mass is 9.91. The van der Waals surface area contributed by atoms with Crippen LogP contribution in [0.1, 0.15) is 16.1 Å². The molecule has 0 radical (unpaired) electrons. The highest BCUT2D eigenvalue weighted by Crippen LogP contribution is 2.36. The van der Waals surface area contributed by atoms with E-state index in [-0.39, 0.29) is 41.2 Å². The number of carbonyl (C=O) groups is 4. The highest BCUT2D eigenvalue weighted by atomic mass is 16.5. The van der Waals surface area contributed by atoms with Gasteiger partial charge in [0.05, 0.1) is 31.7 Å². The van der Waals surface area contributed by atoms with Crippen LogP contribution in [0.5, 0.6) is 0 Å². The van der Waals surface area contributed by atoms with Gasteiger partial charge in [-0.15, -0.1) is 0 Å². The predicted molar refractivity (Wildman–Crippen MR) is 124 cm³/mol. The number of rotatable bonds is 8. The first-order chi connectivity index (χ1) is 17.3.